The number of halogens is 2. The summed E-state index contributed by atoms with van der Waals surface area (Å²) in [6.07, 6.45) is -2.52. The number of carboxylic acid groups (broad SMARTS) is 1. The molecule has 0 spiro atoms. The van der Waals surface area contributed by atoms with Crippen molar-refractivity contribution >= 4 is 17.7 Å². The molecule has 0 atom stereocenters. The van der Waals surface area contributed by atoms with Gasteiger partial charge >= 0.3 is 12.1 Å². The Morgan fingerprint density at radius 3 is 2.60 bits per heavy atom. The van der Waals surface area contributed by atoms with Crippen molar-refractivity contribution in [3.05, 3.63) is 24.3 Å². The van der Waals surface area contributed by atoms with E-state index in [0.717, 1.165) is 0 Å². The second-order valence-electron chi connectivity index (χ2n) is 2.57. The van der Waals surface area contributed by atoms with Crippen molar-refractivity contribution < 1.29 is 23.4 Å². The van der Waals surface area contributed by atoms with Crippen LogP contribution in [-0.2, 0) is 4.79 Å². The number of hydrogen-bond donors (Lipinski definition) is 1. The minimum atomic E-state index is -4.20. The fraction of sp³-hybridized carbons (Fsp3) is 0.222. The van der Waals surface area contributed by atoms with Crippen molar-refractivity contribution in [2.75, 3.05) is 6.26 Å². The van der Waals surface area contributed by atoms with Gasteiger partial charge in [0.05, 0.1) is 0 Å². The summed E-state index contributed by atoms with van der Waals surface area (Å²) in [5.74, 6) is -2.45. The van der Waals surface area contributed by atoms with Crippen LogP contribution in [0.1, 0.15) is 0 Å². The maximum Gasteiger partial charge on any atom is 0.501 e. The van der Waals surface area contributed by atoms with Crippen molar-refractivity contribution in [3.8, 4) is 5.75 Å². The number of carbonyl (C=O) groups is 1. The van der Waals surface area contributed by atoms with Gasteiger partial charge in [0.25, 0.3) is 0 Å². The van der Waals surface area contributed by atoms with E-state index in [1.165, 1.54) is 23.9 Å². The monoisotopic (exact) mass is 234 g/mol. The number of hydrogen-bond acceptors (Lipinski definition) is 3. The molecule has 1 aromatic carbocycles. The first kappa shape index (κ1) is 11.8. The van der Waals surface area contributed by atoms with Gasteiger partial charge in [-0.2, -0.15) is 8.78 Å². The second kappa shape index (κ2) is 4.48. The predicted octanol–water partition coefficient (Wildman–Crippen LogP) is 2.46. The normalized spacial score (nSPS) is 11.1. The Morgan fingerprint density at radius 1 is 1.47 bits per heavy atom. The minimum Gasteiger partial charge on any atom is -0.474 e. The van der Waals surface area contributed by atoms with Crippen LogP contribution in [0.2, 0.25) is 0 Å². The number of thioether (sulfide) groups is 1. The molecule has 0 bridgehead atoms. The summed E-state index contributed by atoms with van der Waals surface area (Å²) in [4.78, 5) is 10.6. The molecule has 0 radical (unpaired) electrons. The van der Waals surface area contributed by atoms with E-state index in [9.17, 15) is 13.6 Å². The zero-order chi connectivity index (χ0) is 11.5. The quantitative estimate of drug-likeness (QED) is 0.813. The van der Waals surface area contributed by atoms with Crippen LogP contribution in [-0.4, -0.2) is 23.4 Å². The Balaban J connectivity index is 2.94. The number of rotatable bonds is 4. The first-order valence-electron chi connectivity index (χ1n) is 3.90. The van der Waals surface area contributed by atoms with Crippen molar-refractivity contribution in [2.45, 2.75) is 11.0 Å². The number of aliphatic carboxylic acids is 1. The minimum absolute atomic E-state index is 0.141. The van der Waals surface area contributed by atoms with Crippen molar-refractivity contribution in [2.24, 2.45) is 0 Å². The average molecular weight is 234 g/mol. The van der Waals surface area contributed by atoms with E-state index in [1.54, 1.807) is 18.4 Å². The van der Waals surface area contributed by atoms with Gasteiger partial charge in [-0.3, -0.25) is 0 Å². The maximum atomic E-state index is 12.7. The van der Waals surface area contributed by atoms with Gasteiger partial charge in [-0.1, -0.05) is 12.1 Å². The molecule has 0 amide bonds. The van der Waals surface area contributed by atoms with Crippen LogP contribution in [0.25, 0.3) is 0 Å². The molecule has 3 nitrogen and oxygen atoms in total. The van der Waals surface area contributed by atoms with E-state index in [-0.39, 0.29) is 5.75 Å². The second-order valence-corrected chi connectivity index (χ2v) is 3.42. The van der Waals surface area contributed by atoms with Gasteiger partial charge in [-0.25, -0.2) is 4.79 Å². The third kappa shape index (κ3) is 2.82. The van der Waals surface area contributed by atoms with Crippen LogP contribution in [0.3, 0.4) is 0 Å². The summed E-state index contributed by atoms with van der Waals surface area (Å²) >= 11 is 1.20. The van der Waals surface area contributed by atoms with Crippen LogP contribution >= 0.6 is 11.8 Å². The summed E-state index contributed by atoms with van der Waals surface area (Å²) in [5.41, 5.74) is 0. The first-order chi connectivity index (χ1) is 6.97. The number of ether oxygens (including phenoxy) is 1. The van der Waals surface area contributed by atoms with E-state index >= 15 is 0 Å². The lowest BCUT2D eigenvalue weighted by atomic mass is 10.3. The largest absolute Gasteiger partial charge is 0.501 e. The fourth-order valence-corrected chi connectivity index (χ4v) is 1.41. The number of alkyl halides is 2. The summed E-state index contributed by atoms with van der Waals surface area (Å²) in [7, 11) is 0. The molecule has 15 heavy (non-hydrogen) atoms. The van der Waals surface area contributed by atoms with Crippen LogP contribution in [0.4, 0.5) is 8.78 Å². The number of para-hydroxylation sites is 1. The van der Waals surface area contributed by atoms with E-state index < -0.39 is 12.1 Å². The Hall–Kier alpha value is -1.30. The summed E-state index contributed by atoms with van der Waals surface area (Å²) in [5, 5.41) is 8.18. The van der Waals surface area contributed by atoms with E-state index in [1.807, 2.05) is 0 Å². The molecule has 1 aromatic rings. The molecule has 0 heterocycles. The lowest BCUT2D eigenvalue weighted by Gasteiger charge is -2.15. The van der Waals surface area contributed by atoms with Gasteiger partial charge in [-0.05, 0) is 18.4 Å². The molecule has 6 heteroatoms. The molecule has 0 aliphatic heterocycles. The molecule has 82 valence electrons. The molecule has 0 saturated heterocycles. The Kier molecular flexibility index (Phi) is 3.52. The first-order valence-corrected chi connectivity index (χ1v) is 5.13. The van der Waals surface area contributed by atoms with Gasteiger partial charge in [0.2, 0.25) is 0 Å². The molecular formula is C9H8F2O3S. The van der Waals surface area contributed by atoms with Crippen LogP contribution in [0.5, 0.6) is 5.75 Å². The molecule has 0 fully saturated rings. The standard InChI is InChI=1S/C9H8F2O3S/c1-15-7-5-3-2-4-6(7)14-9(10,11)8(12)13/h2-5H,1H3,(H,12,13). The van der Waals surface area contributed by atoms with Crippen molar-refractivity contribution in [1.29, 1.82) is 0 Å². The van der Waals surface area contributed by atoms with Crippen LogP contribution in [0.15, 0.2) is 29.2 Å². The number of benzene rings is 1. The van der Waals surface area contributed by atoms with Gasteiger partial charge in [0, 0.05) is 4.90 Å². The molecule has 1 rings (SSSR count). The lowest BCUT2D eigenvalue weighted by molar-refractivity contribution is -0.211. The third-order valence-corrected chi connectivity index (χ3v) is 2.33. The van der Waals surface area contributed by atoms with Gasteiger partial charge in [-0.15, -0.1) is 11.8 Å². The molecule has 0 saturated carbocycles. The highest BCUT2D eigenvalue weighted by atomic mass is 32.2. The molecule has 0 unspecified atom stereocenters. The summed E-state index contributed by atoms with van der Waals surface area (Å²) in [6.45, 7) is 0. The highest BCUT2D eigenvalue weighted by Crippen LogP contribution is 2.31. The van der Waals surface area contributed by atoms with Crippen molar-refractivity contribution in [1.82, 2.24) is 0 Å². The molecule has 0 aromatic heterocycles. The summed E-state index contributed by atoms with van der Waals surface area (Å²) < 4.78 is 29.6. The van der Waals surface area contributed by atoms with Gasteiger partial charge in [0.1, 0.15) is 5.75 Å². The lowest BCUT2D eigenvalue weighted by Crippen LogP contribution is -2.34. The Labute approximate surface area is 89.0 Å². The van der Waals surface area contributed by atoms with E-state index in [2.05, 4.69) is 4.74 Å². The smallest absolute Gasteiger partial charge is 0.474 e. The highest BCUT2D eigenvalue weighted by molar-refractivity contribution is 7.98. The van der Waals surface area contributed by atoms with E-state index in [0.29, 0.717) is 4.90 Å². The fourth-order valence-electron chi connectivity index (χ4n) is 0.885. The number of carboxylic acids is 1. The summed E-state index contributed by atoms with van der Waals surface area (Å²) in [6, 6.07) is 6.01. The van der Waals surface area contributed by atoms with Gasteiger partial charge in [0.15, 0.2) is 0 Å². The molecule has 1 N–H and O–H groups in total. The zero-order valence-corrected chi connectivity index (χ0v) is 8.55. The van der Waals surface area contributed by atoms with E-state index in [4.69, 9.17) is 5.11 Å². The Bertz CT molecular complexity index is 368. The van der Waals surface area contributed by atoms with Crippen LogP contribution < -0.4 is 4.74 Å². The van der Waals surface area contributed by atoms with Crippen molar-refractivity contribution in [3.63, 3.8) is 0 Å². The van der Waals surface area contributed by atoms with Crippen LogP contribution in [0, 0.1) is 0 Å². The topological polar surface area (TPSA) is 46.5 Å². The molecule has 0 aliphatic carbocycles. The zero-order valence-electron chi connectivity index (χ0n) is 7.74. The van der Waals surface area contributed by atoms with Gasteiger partial charge < -0.3 is 9.84 Å². The third-order valence-electron chi connectivity index (χ3n) is 1.56. The average Bonchev–Trinajstić information content (AvgIpc) is 2.18. The highest BCUT2D eigenvalue weighted by Gasteiger charge is 2.42. The molecule has 0 aliphatic rings. The SMILES string of the molecule is CSc1ccccc1OC(F)(F)C(=O)O. The Morgan fingerprint density at radius 2 is 2.07 bits per heavy atom. The maximum absolute atomic E-state index is 12.7. The molecular weight excluding hydrogens is 226 g/mol. The predicted molar refractivity (Wildman–Crippen MR) is 51.4 cm³/mol.